The number of terminal acetylenes is 1. The minimum absolute atomic E-state index is 0.0551. The largest absolute Gasteiger partial charge is 0.374 e. The van der Waals surface area contributed by atoms with E-state index in [0.29, 0.717) is 6.42 Å². The van der Waals surface area contributed by atoms with Crippen LogP contribution in [0.3, 0.4) is 0 Å². The number of hydrogen-bond acceptors (Lipinski definition) is 9. The van der Waals surface area contributed by atoms with Crippen molar-refractivity contribution in [2.24, 2.45) is 10.9 Å². The Kier molecular flexibility index (Phi) is 10.3. The molecule has 216 valence electrons. The van der Waals surface area contributed by atoms with Gasteiger partial charge >= 0.3 is 0 Å². The molecule has 1 aromatic heterocycles. The van der Waals surface area contributed by atoms with Gasteiger partial charge in [-0.1, -0.05) is 13.8 Å². The van der Waals surface area contributed by atoms with E-state index in [0.717, 1.165) is 0 Å². The second-order valence-corrected chi connectivity index (χ2v) is 12.0. The van der Waals surface area contributed by atoms with Crippen molar-refractivity contribution in [3.05, 3.63) is 12.0 Å². The van der Waals surface area contributed by atoms with Gasteiger partial charge in [-0.15, -0.1) is 12.3 Å². The Balaban J connectivity index is 1.96. The number of aliphatic imine (C=N–C) groups is 1. The number of Topliss-reactive ketones (excluding diaryl/α,β-unsaturated/α-hetero) is 1. The number of fused-ring (bicyclic) bond motifs is 1. The first-order valence-corrected chi connectivity index (χ1v) is 14.4. The highest BCUT2D eigenvalue weighted by atomic mass is 31.2. The molecule has 1 amide bonds. The lowest BCUT2D eigenvalue weighted by atomic mass is 10.1. The standard InChI is InChI=1S/C27H42N5O6P/c1-11-12-18(8)37-39(32(16(4)5)17(6)7)38-23-19(9)36-27(24(23)35-10)31-14-28-22-20(33)13-21(29-25(22)31)30-26(34)15(2)3/h1,14-19,23-24,27H,12-13H2,2-10H3,(H,29,30,34)/i9D. The summed E-state index contributed by atoms with van der Waals surface area (Å²) in [5.41, 5.74) is 0.187. The summed E-state index contributed by atoms with van der Waals surface area (Å²) in [6.07, 6.45) is 4.34. The number of rotatable bonds is 11. The van der Waals surface area contributed by atoms with Crippen LogP contribution in [0, 0.1) is 18.3 Å². The van der Waals surface area contributed by atoms with E-state index in [2.05, 4.69) is 53.6 Å². The van der Waals surface area contributed by atoms with E-state index >= 15 is 0 Å². The number of amides is 1. The van der Waals surface area contributed by atoms with Gasteiger partial charge in [0.15, 0.2) is 23.5 Å². The average molecular weight is 565 g/mol. The summed E-state index contributed by atoms with van der Waals surface area (Å²) in [5, 5.41) is 2.73. The number of imidazole rings is 1. The molecule has 0 bridgehead atoms. The molecular formula is C27H42N5O6P. The van der Waals surface area contributed by atoms with Crippen LogP contribution in [0.15, 0.2) is 11.3 Å². The number of hydrogen-bond donors (Lipinski definition) is 1. The predicted octanol–water partition coefficient (Wildman–Crippen LogP) is 4.36. The Hall–Kier alpha value is -2.19. The number of nitrogens with zero attached hydrogens (tertiary/aromatic N) is 4. The first kappa shape index (κ1) is 29.8. The Labute approximate surface area is 234 Å². The molecule has 3 heterocycles. The molecule has 12 heteroatoms. The lowest BCUT2D eigenvalue weighted by Crippen LogP contribution is -2.39. The number of aromatic nitrogens is 2. The van der Waals surface area contributed by atoms with Gasteiger partial charge < -0.3 is 23.8 Å². The van der Waals surface area contributed by atoms with Gasteiger partial charge in [0.1, 0.15) is 18.0 Å². The Bertz CT molecular complexity index is 1110. The van der Waals surface area contributed by atoms with Crippen LogP contribution in [0.1, 0.15) is 86.3 Å². The van der Waals surface area contributed by atoms with Crippen molar-refractivity contribution in [1.82, 2.24) is 19.5 Å². The number of ether oxygens (including phenoxy) is 2. The average Bonchev–Trinajstić information content (AvgIpc) is 3.44. The number of amidine groups is 1. The van der Waals surface area contributed by atoms with Crippen LogP contribution in [-0.2, 0) is 23.3 Å². The molecule has 0 spiro atoms. The van der Waals surface area contributed by atoms with Gasteiger partial charge in [0.2, 0.25) is 5.91 Å². The van der Waals surface area contributed by atoms with E-state index < -0.39 is 33.1 Å². The number of ketones is 1. The first-order valence-electron chi connectivity index (χ1n) is 13.9. The topological polar surface area (TPSA) is 117 Å². The van der Waals surface area contributed by atoms with Gasteiger partial charge in [-0.3, -0.25) is 14.2 Å². The summed E-state index contributed by atoms with van der Waals surface area (Å²) < 4.78 is 37.2. The molecule has 11 nitrogen and oxygen atoms in total. The number of carbonyl (C=O) groups excluding carboxylic acids is 2. The van der Waals surface area contributed by atoms with Crippen molar-refractivity contribution < 1.29 is 29.5 Å². The monoisotopic (exact) mass is 564 g/mol. The normalized spacial score (nSPS) is 25.1. The van der Waals surface area contributed by atoms with Crippen molar-refractivity contribution in [2.75, 3.05) is 7.11 Å². The summed E-state index contributed by atoms with van der Waals surface area (Å²) in [4.78, 5) is 34.0. The van der Waals surface area contributed by atoms with E-state index in [9.17, 15) is 9.59 Å². The molecular weight excluding hydrogens is 521 g/mol. The van der Waals surface area contributed by atoms with Crippen molar-refractivity contribution >= 4 is 31.9 Å². The molecule has 0 saturated carbocycles. The maximum Gasteiger partial charge on any atom is 0.259 e. The number of carbonyl (C=O) groups is 2. The van der Waals surface area contributed by atoms with Crippen LogP contribution in [0.25, 0.3) is 0 Å². The van der Waals surface area contributed by atoms with Gasteiger partial charge in [-0.2, -0.15) is 0 Å². The van der Waals surface area contributed by atoms with Crippen LogP contribution >= 0.6 is 8.53 Å². The third-order valence-corrected chi connectivity index (χ3v) is 8.62. The lowest BCUT2D eigenvalue weighted by molar-refractivity contribution is -0.122. The zero-order valence-electron chi connectivity index (χ0n) is 25.1. The summed E-state index contributed by atoms with van der Waals surface area (Å²) in [5.74, 6) is 2.39. The molecule has 0 aromatic carbocycles. The summed E-state index contributed by atoms with van der Waals surface area (Å²) >= 11 is 0. The first-order chi connectivity index (χ1) is 18.9. The predicted molar refractivity (Wildman–Crippen MR) is 150 cm³/mol. The van der Waals surface area contributed by atoms with E-state index in [1.807, 2.05) is 6.92 Å². The summed E-state index contributed by atoms with van der Waals surface area (Å²) in [6.45, 7) is 13.6. The lowest BCUT2D eigenvalue weighted by Gasteiger charge is -2.39. The molecule has 2 aliphatic rings. The van der Waals surface area contributed by atoms with Crippen LogP contribution in [0.5, 0.6) is 0 Å². The number of nitrogens with one attached hydrogen (secondary N) is 1. The van der Waals surface area contributed by atoms with Crippen molar-refractivity contribution in [2.45, 2.75) is 111 Å². The van der Waals surface area contributed by atoms with Crippen molar-refractivity contribution in [3.63, 3.8) is 0 Å². The fraction of sp³-hybridized carbons (Fsp3) is 0.704. The van der Waals surface area contributed by atoms with E-state index in [1.165, 1.54) is 6.33 Å². The van der Waals surface area contributed by atoms with Gasteiger partial charge in [0.25, 0.3) is 8.53 Å². The molecule has 1 aromatic rings. The fourth-order valence-corrected chi connectivity index (χ4v) is 6.36. The second-order valence-electron chi connectivity index (χ2n) is 10.6. The van der Waals surface area contributed by atoms with Crippen LogP contribution in [-0.4, -0.2) is 75.4 Å². The molecule has 0 radical (unpaired) electrons. The van der Waals surface area contributed by atoms with Gasteiger partial charge in [0, 0.05) is 32.9 Å². The minimum atomic E-state index is -1.61. The Morgan fingerprint density at radius 2 is 2.00 bits per heavy atom. The van der Waals surface area contributed by atoms with Gasteiger partial charge in [0.05, 0.1) is 25.0 Å². The third kappa shape index (κ3) is 7.12. The quantitative estimate of drug-likeness (QED) is 0.311. The van der Waals surface area contributed by atoms with Crippen molar-refractivity contribution in [3.8, 4) is 12.3 Å². The van der Waals surface area contributed by atoms with Crippen molar-refractivity contribution in [1.29, 1.82) is 0 Å². The summed E-state index contributed by atoms with van der Waals surface area (Å²) in [7, 11) is -0.0617. The maximum absolute atomic E-state index is 12.8. The van der Waals surface area contributed by atoms with Crippen LogP contribution in [0.4, 0.5) is 5.82 Å². The highest BCUT2D eigenvalue weighted by Crippen LogP contribution is 2.51. The minimum Gasteiger partial charge on any atom is -0.374 e. The summed E-state index contributed by atoms with van der Waals surface area (Å²) in [6, 6.07) is 0.219. The Morgan fingerprint density at radius 3 is 2.56 bits per heavy atom. The molecule has 6 atom stereocenters. The molecule has 1 N–H and O–H groups in total. The fourth-order valence-electron chi connectivity index (χ4n) is 4.49. The molecule has 39 heavy (non-hydrogen) atoms. The second kappa shape index (κ2) is 13.4. The van der Waals surface area contributed by atoms with Crippen LogP contribution < -0.4 is 5.32 Å². The van der Waals surface area contributed by atoms with Gasteiger partial charge in [-0.25, -0.2) is 14.6 Å². The van der Waals surface area contributed by atoms with E-state index in [1.54, 1.807) is 25.5 Å². The SMILES string of the molecule is [2H]CC1OC(n2cnc3c2N=C(NC(=O)C(C)C)CC3=O)C(OC)C1OP(OC(C)CC#C)N(C(C)C)C(C)C. The molecule has 1 fully saturated rings. The molecule has 1 saturated heterocycles. The third-order valence-electron chi connectivity index (χ3n) is 6.36. The smallest absolute Gasteiger partial charge is 0.259 e. The number of methoxy groups -OCH3 is 1. The van der Waals surface area contributed by atoms with E-state index in [4.69, 9.17) is 26.3 Å². The van der Waals surface area contributed by atoms with Crippen LogP contribution in [0.2, 0.25) is 0 Å². The van der Waals surface area contributed by atoms with Gasteiger partial charge in [-0.05, 0) is 41.5 Å². The zero-order valence-corrected chi connectivity index (χ0v) is 25.0. The zero-order chi connectivity index (χ0) is 29.7. The highest BCUT2D eigenvalue weighted by molar-refractivity contribution is 7.44. The van der Waals surface area contributed by atoms with E-state index in [-0.39, 0.29) is 66.5 Å². The molecule has 2 aliphatic heterocycles. The molecule has 3 rings (SSSR count). The molecule has 0 aliphatic carbocycles. The Morgan fingerprint density at radius 1 is 1.31 bits per heavy atom. The highest BCUT2D eigenvalue weighted by Gasteiger charge is 2.48. The molecule has 6 unspecified atom stereocenters. The maximum atomic E-state index is 12.8.